The lowest BCUT2D eigenvalue weighted by Crippen LogP contribution is -2.41. The molecular formula is C21H34BIO2S. The number of ketones is 1. The molecule has 4 unspecified atom stereocenters. The maximum atomic E-state index is 12.3. The number of halogens is 1. The lowest BCUT2D eigenvalue weighted by molar-refractivity contribution is -0.132. The Morgan fingerprint density at radius 2 is 2.15 bits per heavy atom. The van der Waals surface area contributed by atoms with Gasteiger partial charge >= 0.3 is 4.05 Å². The van der Waals surface area contributed by atoms with E-state index in [1.165, 1.54) is 6.42 Å². The highest BCUT2D eigenvalue weighted by Crippen LogP contribution is 2.47. The van der Waals surface area contributed by atoms with Crippen molar-refractivity contribution >= 4 is 43.8 Å². The number of hydrogen-bond acceptors (Lipinski definition) is 3. The van der Waals surface area contributed by atoms with E-state index < -0.39 is 0 Å². The second-order valence-electron chi connectivity index (χ2n) is 8.14. The molecule has 2 fully saturated rings. The lowest BCUT2D eigenvalue weighted by Gasteiger charge is -2.44. The van der Waals surface area contributed by atoms with Gasteiger partial charge in [-0.05, 0) is 49.9 Å². The molecule has 5 heteroatoms. The normalized spacial score (nSPS) is 34.7. The second kappa shape index (κ2) is 10.2. The summed E-state index contributed by atoms with van der Waals surface area (Å²) in [4.78, 5) is 12.3. The van der Waals surface area contributed by atoms with E-state index in [1.807, 2.05) is 11.6 Å². The van der Waals surface area contributed by atoms with Crippen molar-refractivity contribution in [3.05, 3.63) is 24.3 Å². The van der Waals surface area contributed by atoms with Crippen molar-refractivity contribution in [2.24, 2.45) is 17.3 Å². The molecule has 1 saturated heterocycles. The number of rotatable bonds is 7. The van der Waals surface area contributed by atoms with Gasteiger partial charge in [0, 0.05) is 23.7 Å². The van der Waals surface area contributed by atoms with Gasteiger partial charge in [-0.15, -0.1) is 0 Å². The quantitative estimate of drug-likeness (QED) is 0.229. The van der Waals surface area contributed by atoms with Crippen LogP contribution in [0.4, 0.5) is 0 Å². The van der Waals surface area contributed by atoms with Gasteiger partial charge in [0.1, 0.15) is 5.78 Å². The van der Waals surface area contributed by atoms with Crippen molar-refractivity contribution < 1.29 is 9.45 Å². The fourth-order valence-corrected chi connectivity index (χ4v) is 7.44. The van der Waals surface area contributed by atoms with Crippen LogP contribution < -0.4 is 0 Å². The van der Waals surface area contributed by atoms with Crippen LogP contribution in [0, 0.1) is 17.3 Å². The van der Waals surface area contributed by atoms with Crippen molar-refractivity contribution in [2.75, 3.05) is 6.61 Å². The summed E-state index contributed by atoms with van der Waals surface area (Å²) in [5.74, 6) is 1.28. The summed E-state index contributed by atoms with van der Waals surface area (Å²) in [5.41, 5.74) is 0.160. The molecule has 0 N–H and O–H groups in total. The highest BCUT2D eigenvalue weighted by atomic mass is 127. The largest absolute Gasteiger partial charge is 0.435 e. The number of Topliss-reactive ketones (excluding diaryl/α,β-unsaturated/α-hetero) is 1. The zero-order chi connectivity index (χ0) is 19.2. The number of carbonyl (C=O) groups excluding carboxylic acids is 1. The van der Waals surface area contributed by atoms with Crippen LogP contribution in [0.25, 0.3) is 0 Å². The standard InChI is InChI=1S/C21H34BIO2S/c1-5-18-19(24)12-10-13-20(18,4)17(3)11-8-7-9-14-21(6-2)15-16-25-22(23)26-21/h7-9,14,17-18H,5-6,10-13,15-16H2,1-4H3/b8-7+,14-9+. The average molecular weight is 488 g/mol. The summed E-state index contributed by atoms with van der Waals surface area (Å²) in [6.07, 6.45) is 16.4. The van der Waals surface area contributed by atoms with Gasteiger partial charge in [0.25, 0.3) is 0 Å². The third-order valence-corrected chi connectivity index (χ3v) is 9.24. The molecule has 1 saturated carbocycles. The minimum absolute atomic E-state index is 0.160. The zero-order valence-electron chi connectivity index (χ0n) is 16.8. The first-order valence-corrected chi connectivity index (χ1v) is 12.3. The molecule has 0 radical (unpaired) electrons. The Balaban J connectivity index is 1.93. The molecule has 2 rings (SSSR count). The molecule has 4 atom stereocenters. The summed E-state index contributed by atoms with van der Waals surface area (Å²) in [5, 5.41) is 0. The van der Waals surface area contributed by atoms with E-state index in [1.54, 1.807) is 0 Å². The Morgan fingerprint density at radius 1 is 1.38 bits per heavy atom. The van der Waals surface area contributed by atoms with Gasteiger partial charge in [-0.25, -0.2) is 0 Å². The third-order valence-electron chi connectivity index (χ3n) is 6.69. The molecule has 0 aromatic carbocycles. The predicted molar refractivity (Wildman–Crippen MR) is 124 cm³/mol. The minimum Gasteiger partial charge on any atom is -0.417 e. The minimum atomic E-state index is 0.160. The van der Waals surface area contributed by atoms with Crippen LogP contribution in [0.1, 0.15) is 72.6 Å². The van der Waals surface area contributed by atoms with Crippen LogP contribution in [0.5, 0.6) is 0 Å². The summed E-state index contributed by atoms with van der Waals surface area (Å²) in [7, 11) is 0. The molecule has 0 amide bonds. The van der Waals surface area contributed by atoms with E-state index in [2.05, 4.69) is 74.4 Å². The Bertz CT molecular complexity index is 538. The molecule has 2 nitrogen and oxygen atoms in total. The molecule has 2 aliphatic rings. The Morgan fingerprint density at radius 3 is 2.81 bits per heavy atom. The molecule has 0 spiro atoms. The van der Waals surface area contributed by atoms with Crippen LogP contribution in [0.3, 0.4) is 0 Å². The summed E-state index contributed by atoms with van der Waals surface area (Å²) in [6.45, 7) is 9.97. The lowest BCUT2D eigenvalue weighted by atomic mass is 9.59. The van der Waals surface area contributed by atoms with Crippen LogP contribution in [0.2, 0.25) is 0 Å². The van der Waals surface area contributed by atoms with Gasteiger partial charge in [0.15, 0.2) is 0 Å². The average Bonchev–Trinajstić information content (AvgIpc) is 2.61. The Hall–Kier alpha value is 0.255. The third kappa shape index (κ3) is 5.41. The summed E-state index contributed by atoms with van der Waals surface area (Å²) in [6, 6.07) is 0. The molecule has 1 heterocycles. The smallest absolute Gasteiger partial charge is 0.417 e. The van der Waals surface area contributed by atoms with Gasteiger partial charge in [0.2, 0.25) is 0 Å². The van der Waals surface area contributed by atoms with Crippen LogP contribution in [-0.2, 0) is 9.45 Å². The zero-order valence-corrected chi connectivity index (χ0v) is 19.8. The molecule has 0 bridgehead atoms. The van der Waals surface area contributed by atoms with Crippen molar-refractivity contribution in [1.82, 2.24) is 0 Å². The first kappa shape index (κ1) is 22.5. The van der Waals surface area contributed by atoms with Crippen LogP contribution in [-0.4, -0.2) is 21.2 Å². The van der Waals surface area contributed by atoms with Gasteiger partial charge in [0.05, 0.1) is 0 Å². The van der Waals surface area contributed by atoms with Gasteiger partial charge in [-0.2, -0.15) is 11.6 Å². The molecule has 26 heavy (non-hydrogen) atoms. The maximum Gasteiger partial charge on any atom is 0.435 e. The van der Waals surface area contributed by atoms with Crippen molar-refractivity contribution in [2.45, 2.75) is 77.4 Å². The maximum absolute atomic E-state index is 12.3. The fourth-order valence-electron chi connectivity index (χ4n) is 4.61. The van der Waals surface area contributed by atoms with Gasteiger partial charge in [-0.1, -0.05) is 74.4 Å². The number of hydrogen-bond donors (Lipinski definition) is 0. The van der Waals surface area contributed by atoms with Crippen molar-refractivity contribution in [3.63, 3.8) is 0 Å². The highest BCUT2D eigenvalue weighted by Gasteiger charge is 2.43. The molecule has 0 aromatic heterocycles. The second-order valence-corrected chi connectivity index (χ2v) is 11.6. The van der Waals surface area contributed by atoms with E-state index in [-0.39, 0.29) is 20.1 Å². The summed E-state index contributed by atoms with van der Waals surface area (Å²) >= 11 is 4.31. The van der Waals surface area contributed by atoms with Gasteiger partial charge < -0.3 is 4.65 Å². The Kier molecular flexibility index (Phi) is 8.80. The highest BCUT2D eigenvalue weighted by molar-refractivity contribution is 14.1. The topological polar surface area (TPSA) is 26.3 Å². The number of carbonyl (C=O) groups is 1. The van der Waals surface area contributed by atoms with E-state index in [0.717, 1.165) is 45.1 Å². The van der Waals surface area contributed by atoms with Crippen molar-refractivity contribution in [3.8, 4) is 0 Å². The first-order chi connectivity index (χ1) is 12.4. The van der Waals surface area contributed by atoms with Crippen LogP contribution in [0.15, 0.2) is 24.3 Å². The SMILES string of the molecule is CCC1C(=O)CCCC1(C)C(C)C/C=C/C=C/C1(CC)CCOB(I)S1. The predicted octanol–water partition coefficient (Wildman–Crippen LogP) is 6.63. The van der Waals surface area contributed by atoms with E-state index >= 15 is 0 Å². The fraction of sp³-hybridized carbons (Fsp3) is 0.762. The Labute approximate surface area is 178 Å². The molecule has 146 valence electrons. The van der Waals surface area contributed by atoms with Crippen molar-refractivity contribution in [1.29, 1.82) is 0 Å². The molecule has 1 aliphatic heterocycles. The first-order valence-electron chi connectivity index (χ1n) is 10.2. The number of allylic oxidation sites excluding steroid dienone is 3. The van der Waals surface area contributed by atoms with E-state index in [9.17, 15) is 4.79 Å². The van der Waals surface area contributed by atoms with E-state index in [4.69, 9.17) is 4.65 Å². The van der Waals surface area contributed by atoms with E-state index in [0.29, 0.717) is 11.7 Å². The molecule has 0 aromatic rings. The molecule has 1 aliphatic carbocycles. The monoisotopic (exact) mass is 488 g/mol. The molecular weight excluding hydrogens is 454 g/mol. The van der Waals surface area contributed by atoms with Crippen LogP contribution >= 0.6 is 34.0 Å². The summed E-state index contributed by atoms with van der Waals surface area (Å²) < 4.78 is 6.14. The van der Waals surface area contributed by atoms with Gasteiger partial charge in [-0.3, -0.25) is 4.79 Å².